The van der Waals surface area contributed by atoms with Crippen LogP contribution >= 0.6 is 12.2 Å². The summed E-state index contributed by atoms with van der Waals surface area (Å²) in [6, 6.07) is 10.8. The predicted molar refractivity (Wildman–Crippen MR) is 89.5 cm³/mol. The van der Waals surface area contributed by atoms with Crippen LogP contribution in [0.5, 0.6) is 5.75 Å². The van der Waals surface area contributed by atoms with Gasteiger partial charge in [-0.1, -0.05) is 25.5 Å². The number of unbranched alkanes of at least 4 members (excludes halogenated alkanes) is 1. The van der Waals surface area contributed by atoms with E-state index in [1.54, 1.807) is 12.1 Å². The fraction of sp³-hybridized carbons (Fsp3) is 0.250. The van der Waals surface area contributed by atoms with Crippen molar-refractivity contribution in [1.82, 2.24) is 5.32 Å². The lowest BCUT2D eigenvalue weighted by Crippen LogP contribution is -2.33. The summed E-state index contributed by atoms with van der Waals surface area (Å²) < 4.78 is 0. The quantitative estimate of drug-likeness (QED) is 0.756. The van der Waals surface area contributed by atoms with Crippen molar-refractivity contribution in [2.75, 3.05) is 5.32 Å². The lowest BCUT2D eigenvalue weighted by molar-refractivity contribution is -0.119. The molecular weight excluding hydrogens is 284 g/mol. The molecule has 0 aliphatic rings. The van der Waals surface area contributed by atoms with Crippen molar-refractivity contribution in [3.8, 4) is 5.75 Å². The maximum absolute atomic E-state index is 11.6. The molecule has 0 saturated carbocycles. The smallest absolute Gasteiger partial charge is 0.226 e. The average molecular weight is 302 g/mol. The molecule has 2 aromatic rings. The molecule has 2 rings (SSSR count). The highest BCUT2D eigenvalue weighted by molar-refractivity contribution is 7.80. The van der Waals surface area contributed by atoms with E-state index < -0.39 is 0 Å². The van der Waals surface area contributed by atoms with E-state index in [9.17, 15) is 9.90 Å². The number of anilines is 1. The summed E-state index contributed by atoms with van der Waals surface area (Å²) >= 11 is 5.16. The van der Waals surface area contributed by atoms with Crippen LogP contribution in [0.3, 0.4) is 0 Å². The van der Waals surface area contributed by atoms with E-state index in [2.05, 4.69) is 10.6 Å². The molecule has 3 N–H and O–H groups in total. The molecule has 0 unspecified atom stereocenters. The molecule has 0 bridgehead atoms. The zero-order valence-electron chi connectivity index (χ0n) is 11.8. The number of amides is 1. The minimum absolute atomic E-state index is 0.0766. The topological polar surface area (TPSA) is 61.4 Å². The molecule has 0 fully saturated rings. The third kappa shape index (κ3) is 4.16. The standard InChI is InChI=1S/C16H18N2O2S/c1-2-3-7-15(20)18-16(21)17-14-6-4-5-11-10-12(19)8-9-13(11)14/h4-6,8-10,19H,2-3,7H2,1H3,(H2,17,18,20,21). The van der Waals surface area contributed by atoms with Gasteiger partial charge in [0.15, 0.2) is 5.11 Å². The van der Waals surface area contributed by atoms with E-state index in [1.165, 1.54) is 0 Å². The van der Waals surface area contributed by atoms with Crippen LogP contribution in [-0.4, -0.2) is 16.1 Å². The van der Waals surface area contributed by atoms with Crippen LogP contribution in [0.1, 0.15) is 26.2 Å². The summed E-state index contributed by atoms with van der Waals surface area (Å²) in [5.74, 6) is 0.141. The zero-order valence-corrected chi connectivity index (χ0v) is 12.7. The molecule has 4 nitrogen and oxygen atoms in total. The molecule has 0 radical (unpaired) electrons. The number of phenolic OH excluding ortho intramolecular Hbond substituents is 1. The van der Waals surface area contributed by atoms with Crippen LogP contribution in [0.15, 0.2) is 36.4 Å². The molecule has 110 valence electrons. The number of hydrogen-bond donors (Lipinski definition) is 3. The van der Waals surface area contributed by atoms with Crippen molar-refractivity contribution in [1.29, 1.82) is 0 Å². The Balaban J connectivity index is 2.09. The van der Waals surface area contributed by atoms with Gasteiger partial charge in [0.05, 0.1) is 0 Å². The Kier molecular flexibility index (Phi) is 5.11. The molecule has 1 amide bonds. The summed E-state index contributed by atoms with van der Waals surface area (Å²) in [7, 11) is 0. The Labute approximate surface area is 129 Å². The van der Waals surface area contributed by atoms with Crippen molar-refractivity contribution in [2.24, 2.45) is 0 Å². The minimum atomic E-state index is -0.0766. The van der Waals surface area contributed by atoms with Gasteiger partial charge in [-0.05, 0) is 48.3 Å². The van der Waals surface area contributed by atoms with Gasteiger partial charge in [-0.3, -0.25) is 4.79 Å². The third-order valence-corrected chi connectivity index (χ3v) is 3.33. The number of aromatic hydroxyl groups is 1. The van der Waals surface area contributed by atoms with Gasteiger partial charge in [-0.2, -0.15) is 0 Å². The van der Waals surface area contributed by atoms with Crippen molar-refractivity contribution >= 4 is 39.7 Å². The third-order valence-electron chi connectivity index (χ3n) is 3.12. The number of benzene rings is 2. The first-order chi connectivity index (χ1) is 10.1. The van der Waals surface area contributed by atoms with Crippen molar-refractivity contribution in [3.05, 3.63) is 36.4 Å². The van der Waals surface area contributed by atoms with E-state index in [-0.39, 0.29) is 16.8 Å². The van der Waals surface area contributed by atoms with Crippen molar-refractivity contribution < 1.29 is 9.90 Å². The first-order valence-corrected chi connectivity index (χ1v) is 7.33. The fourth-order valence-electron chi connectivity index (χ4n) is 2.06. The summed E-state index contributed by atoms with van der Waals surface area (Å²) in [4.78, 5) is 11.6. The van der Waals surface area contributed by atoms with Crippen LogP contribution in [0.4, 0.5) is 5.69 Å². The number of carbonyl (C=O) groups excluding carboxylic acids is 1. The van der Waals surface area contributed by atoms with E-state index in [0.717, 1.165) is 29.3 Å². The van der Waals surface area contributed by atoms with E-state index in [1.807, 2.05) is 31.2 Å². The fourth-order valence-corrected chi connectivity index (χ4v) is 2.28. The summed E-state index contributed by atoms with van der Waals surface area (Å²) in [5, 5.41) is 17.3. The van der Waals surface area contributed by atoms with E-state index in [0.29, 0.717) is 6.42 Å². The molecular formula is C16H18N2O2S. The number of rotatable bonds is 4. The number of phenols is 1. The maximum Gasteiger partial charge on any atom is 0.226 e. The molecule has 0 spiro atoms. The van der Waals surface area contributed by atoms with Gasteiger partial charge in [-0.25, -0.2) is 0 Å². The molecule has 0 aliphatic heterocycles. The summed E-state index contributed by atoms with van der Waals surface area (Å²) in [6.45, 7) is 2.04. The molecule has 0 aromatic heterocycles. The normalized spacial score (nSPS) is 10.3. The Morgan fingerprint density at radius 2 is 2.10 bits per heavy atom. The first kappa shape index (κ1) is 15.3. The highest BCUT2D eigenvalue weighted by atomic mass is 32.1. The largest absolute Gasteiger partial charge is 0.508 e. The van der Waals surface area contributed by atoms with Gasteiger partial charge in [0.2, 0.25) is 5.91 Å². The first-order valence-electron chi connectivity index (χ1n) is 6.92. The van der Waals surface area contributed by atoms with Gasteiger partial charge in [-0.15, -0.1) is 0 Å². The monoisotopic (exact) mass is 302 g/mol. The summed E-state index contributed by atoms with van der Waals surface area (Å²) in [5.41, 5.74) is 0.799. The van der Waals surface area contributed by atoms with Crippen molar-refractivity contribution in [2.45, 2.75) is 26.2 Å². The lowest BCUT2D eigenvalue weighted by atomic mass is 10.1. The van der Waals surface area contributed by atoms with Crippen LogP contribution in [-0.2, 0) is 4.79 Å². The number of hydrogen-bond acceptors (Lipinski definition) is 3. The zero-order chi connectivity index (χ0) is 15.2. The molecule has 0 aliphatic carbocycles. The highest BCUT2D eigenvalue weighted by Gasteiger charge is 2.06. The molecule has 21 heavy (non-hydrogen) atoms. The van der Waals surface area contributed by atoms with E-state index >= 15 is 0 Å². The second kappa shape index (κ2) is 7.04. The van der Waals surface area contributed by atoms with Gasteiger partial charge in [0.25, 0.3) is 0 Å². The molecule has 0 heterocycles. The Morgan fingerprint density at radius 1 is 1.29 bits per heavy atom. The summed E-state index contributed by atoms with van der Waals surface area (Å²) in [6.07, 6.45) is 2.30. The average Bonchev–Trinajstić information content (AvgIpc) is 2.44. The highest BCUT2D eigenvalue weighted by Crippen LogP contribution is 2.26. The second-order valence-corrected chi connectivity index (χ2v) is 5.23. The van der Waals surface area contributed by atoms with Crippen molar-refractivity contribution in [3.63, 3.8) is 0 Å². The Morgan fingerprint density at radius 3 is 2.86 bits per heavy atom. The number of fused-ring (bicyclic) bond motifs is 1. The van der Waals surface area contributed by atoms with Gasteiger partial charge < -0.3 is 15.7 Å². The van der Waals surface area contributed by atoms with Gasteiger partial charge in [0.1, 0.15) is 5.75 Å². The van der Waals surface area contributed by atoms with Crippen LogP contribution in [0.2, 0.25) is 0 Å². The maximum atomic E-state index is 11.6. The van der Waals surface area contributed by atoms with Gasteiger partial charge >= 0.3 is 0 Å². The number of carbonyl (C=O) groups is 1. The van der Waals surface area contributed by atoms with E-state index in [4.69, 9.17) is 12.2 Å². The predicted octanol–water partition coefficient (Wildman–Crippen LogP) is 3.55. The number of nitrogens with one attached hydrogen (secondary N) is 2. The Hall–Kier alpha value is -2.14. The Bertz CT molecular complexity index is 670. The van der Waals surface area contributed by atoms with Crippen LogP contribution in [0, 0.1) is 0 Å². The number of thiocarbonyl (C=S) groups is 1. The SMILES string of the molecule is CCCCC(=O)NC(=S)Nc1cccc2cc(O)ccc12. The van der Waals surface area contributed by atoms with Crippen LogP contribution < -0.4 is 10.6 Å². The molecule has 0 saturated heterocycles. The van der Waals surface area contributed by atoms with Gasteiger partial charge in [0, 0.05) is 17.5 Å². The van der Waals surface area contributed by atoms with Crippen LogP contribution in [0.25, 0.3) is 10.8 Å². The lowest BCUT2D eigenvalue weighted by Gasteiger charge is -2.12. The molecule has 0 atom stereocenters. The minimum Gasteiger partial charge on any atom is -0.508 e. The molecule has 5 heteroatoms. The molecule has 2 aromatic carbocycles. The second-order valence-electron chi connectivity index (χ2n) is 4.82.